The minimum Gasteiger partial charge on any atom is -0.375 e. The van der Waals surface area contributed by atoms with Crippen molar-refractivity contribution in [2.45, 2.75) is 83.0 Å². The summed E-state index contributed by atoms with van der Waals surface area (Å²) in [7, 11) is 0. The summed E-state index contributed by atoms with van der Waals surface area (Å²) in [6.07, 6.45) is 6.60. The lowest BCUT2D eigenvalue weighted by Crippen LogP contribution is -2.51. The smallest absolute Gasteiger partial charge is 0.252 e. The first-order chi connectivity index (χ1) is 17.8. The van der Waals surface area contributed by atoms with Crippen molar-refractivity contribution >= 4 is 17.3 Å². The summed E-state index contributed by atoms with van der Waals surface area (Å²) in [4.78, 5) is 12.1. The number of imidazole rings is 1. The van der Waals surface area contributed by atoms with Gasteiger partial charge in [0.05, 0.1) is 29.3 Å². The third kappa shape index (κ3) is 4.69. The molecule has 0 radical (unpaired) electrons. The maximum Gasteiger partial charge on any atom is 0.252 e. The van der Waals surface area contributed by atoms with Crippen LogP contribution >= 0.6 is 0 Å². The first-order valence-corrected chi connectivity index (χ1v) is 13.4. The van der Waals surface area contributed by atoms with E-state index < -0.39 is 5.92 Å². The van der Waals surface area contributed by atoms with Crippen LogP contribution in [-0.2, 0) is 6.54 Å². The summed E-state index contributed by atoms with van der Waals surface area (Å²) >= 11 is 0. The molecule has 1 aliphatic carbocycles. The number of hydrogen-bond acceptors (Lipinski definition) is 7. The van der Waals surface area contributed by atoms with E-state index in [9.17, 15) is 8.78 Å². The van der Waals surface area contributed by atoms with Gasteiger partial charge in [-0.2, -0.15) is 15.2 Å². The third-order valence-corrected chi connectivity index (χ3v) is 8.20. The average Bonchev–Trinajstić information content (AvgIpc) is 3.60. The Kier molecular flexibility index (Phi) is 6.13. The van der Waals surface area contributed by atoms with E-state index in [0.717, 1.165) is 36.0 Å². The SMILES string of the molecule is C=C(NC(c1cn2nc(C)c(N3CC4CCC(C3)N4)nc2n1)C1CCC(F)(F)CC1)c1ccnn1CC. The molecule has 0 amide bonds. The molecule has 3 unspecified atom stereocenters. The zero-order chi connectivity index (χ0) is 25.7. The predicted octanol–water partition coefficient (Wildman–Crippen LogP) is 3.72. The summed E-state index contributed by atoms with van der Waals surface area (Å²) in [5.41, 5.74) is 3.18. The van der Waals surface area contributed by atoms with Crippen molar-refractivity contribution in [3.8, 4) is 0 Å². The van der Waals surface area contributed by atoms with Crippen LogP contribution in [0.3, 0.4) is 0 Å². The van der Waals surface area contributed by atoms with E-state index in [-0.39, 0.29) is 24.8 Å². The number of aromatic nitrogens is 6. The van der Waals surface area contributed by atoms with Gasteiger partial charge in [0.25, 0.3) is 5.78 Å². The standard InChI is InChI=1S/C26H35F2N9/c1-4-36-22(9-12-29-36)16(2)30-23(18-7-10-26(27,28)11-8-18)21-15-37-25(32-21)33-24(17(3)34-37)35-13-19-5-6-20(14-35)31-19/h9,12,15,18-20,23,30-31H,2,4-8,10-11,13-14H2,1,3H3. The molecule has 2 bridgehead atoms. The molecule has 6 rings (SSSR count). The van der Waals surface area contributed by atoms with Gasteiger partial charge in [-0.05, 0) is 51.5 Å². The van der Waals surface area contributed by atoms with Crippen LogP contribution in [0, 0.1) is 12.8 Å². The minimum absolute atomic E-state index is 0.0105. The zero-order valence-corrected chi connectivity index (χ0v) is 21.5. The summed E-state index contributed by atoms with van der Waals surface area (Å²) in [5, 5.41) is 16.3. The predicted molar refractivity (Wildman–Crippen MR) is 137 cm³/mol. The van der Waals surface area contributed by atoms with Gasteiger partial charge in [0.2, 0.25) is 5.92 Å². The fraction of sp³-hybridized carbons (Fsp3) is 0.615. The number of halogens is 2. The molecule has 2 saturated heterocycles. The lowest BCUT2D eigenvalue weighted by atomic mass is 9.81. The number of nitrogens with one attached hydrogen (secondary N) is 2. The van der Waals surface area contributed by atoms with Gasteiger partial charge < -0.3 is 15.5 Å². The fourth-order valence-corrected chi connectivity index (χ4v) is 6.26. The summed E-state index contributed by atoms with van der Waals surface area (Å²) < 4.78 is 31.6. The number of rotatable bonds is 7. The molecule has 11 heteroatoms. The number of aryl methyl sites for hydroxylation is 2. The highest BCUT2D eigenvalue weighted by molar-refractivity contribution is 5.59. The molecule has 1 saturated carbocycles. The van der Waals surface area contributed by atoms with Crippen LogP contribution < -0.4 is 15.5 Å². The van der Waals surface area contributed by atoms with E-state index in [1.165, 1.54) is 12.8 Å². The molecule has 3 atom stereocenters. The van der Waals surface area contributed by atoms with Gasteiger partial charge in [0.1, 0.15) is 5.69 Å². The third-order valence-electron chi connectivity index (χ3n) is 8.20. The van der Waals surface area contributed by atoms with Crippen LogP contribution in [0.4, 0.5) is 14.6 Å². The first kappa shape index (κ1) is 24.3. The van der Waals surface area contributed by atoms with Crippen LogP contribution in [0.15, 0.2) is 25.0 Å². The molecule has 9 nitrogen and oxygen atoms in total. The highest BCUT2D eigenvalue weighted by Crippen LogP contribution is 2.42. The van der Waals surface area contributed by atoms with Crippen LogP contribution in [0.1, 0.15) is 68.6 Å². The van der Waals surface area contributed by atoms with Crippen LogP contribution in [0.25, 0.3) is 11.5 Å². The number of fused-ring (bicyclic) bond motifs is 3. The van der Waals surface area contributed by atoms with E-state index in [0.29, 0.717) is 42.9 Å². The second-order valence-electron chi connectivity index (χ2n) is 10.8. The van der Waals surface area contributed by atoms with E-state index in [2.05, 4.69) is 27.2 Å². The van der Waals surface area contributed by atoms with Crippen molar-refractivity contribution in [1.29, 1.82) is 0 Å². The lowest BCUT2D eigenvalue weighted by Gasteiger charge is -2.34. The van der Waals surface area contributed by atoms with Crippen molar-refractivity contribution < 1.29 is 8.78 Å². The Hall–Kier alpha value is -3.08. The molecular weight excluding hydrogens is 476 g/mol. The molecule has 2 N–H and O–H groups in total. The normalized spacial score (nSPS) is 24.5. The highest BCUT2D eigenvalue weighted by atomic mass is 19.3. The summed E-state index contributed by atoms with van der Waals surface area (Å²) in [6.45, 7) is 10.8. The Morgan fingerprint density at radius 2 is 1.92 bits per heavy atom. The summed E-state index contributed by atoms with van der Waals surface area (Å²) in [5.74, 6) is -1.21. The van der Waals surface area contributed by atoms with Gasteiger partial charge in [-0.15, -0.1) is 0 Å². The Labute approximate surface area is 215 Å². The summed E-state index contributed by atoms with van der Waals surface area (Å²) in [6, 6.07) is 2.61. The van der Waals surface area contributed by atoms with Crippen molar-refractivity contribution in [1.82, 2.24) is 40.0 Å². The molecule has 5 heterocycles. The molecule has 37 heavy (non-hydrogen) atoms. The van der Waals surface area contributed by atoms with E-state index in [1.807, 2.05) is 30.8 Å². The molecule has 3 aromatic rings. The molecule has 0 aromatic carbocycles. The molecule has 0 spiro atoms. The quantitative estimate of drug-likeness (QED) is 0.500. The first-order valence-electron chi connectivity index (χ1n) is 13.4. The van der Waals surface area contributed by atoms with E-state index in [1.54, 1.807) is 10.7 Å². The van der Waals surface area contributed by atoms with Gasteiger partial charge in [0.15, 0.2) is 5.82 Å². The molecular formula is C26H35F2N9. The number of nitrogens with zero attached hydrogens (tertiary/aromatic N) is 7. The van der Waals surface area contributed by atoms with Crippen LogP contribution in [0.2, 0.25) is 0 Å². The Morgan fingerprint density at radius 3 is 2.62 bits per heavy atom. The minimum atomic E-state index is -2.60. The van der Waals surface area contributed by atoms with Gasteiger partial charge in [0, 0.05) is 50.8 Å². The molecule has 3 fully saturated rings. The molecule has 3 aromatic heterocycles. The molecule has 2 aliphatic heterocycles. The number of piperazine rings is 1. The largest absolute Gasteiger partial charge is 0.375 e. The second kappa shape index (κ2) is 9.34. The lowest BCUT2D eigenvalue weighted by molar-refractivity contribution is -0.0493. The topological polar surface area (TPSA) is 88.2 Å². The van der Waals surface area contributed by atoms with Crippen LogP contribution in [0.5, 0.6) is 0 Å². The van der Waals surface area contributed by atoms with Crippen molar-refractivity contribution in [3.63, 3.8) is 0 Å². The number of hydrogen-bond donors (Lipinski definition) is 2. The van der Waals surface area contributed by atoms with Crippen molar-refractivity contribution in [2.24, 2.45) is 5.92 Å². The fourth-order valence-electron chi connectivity index (χ4n) is 6.26. The van der Waals surface area contributed by atoms with Gasteiger partial charge >= 0.3 is 0 Å². The average molecular weight is 512 g/mol. The monoisotopic (exact) mass is 511 g/mol. The van der Waals surface area contributed by atoms with Gasteiger partial charge in [-0.25, -0.2) is 18.3 Å². The van der Waals surface area contributed by atoms with Gasteiger partial charge in [-0.1, -0.05) is 6.58 Å². The Balaban J connectivity index is 1.32. The Bertz CT molecular complexity index is 1280. The molecule has 198 valence electrons. The maximum absolute atomic E-state index is 14.0. The Morgan fingerprint density at radius 1 is 1.19 bits per heavy atom. The maximum atomic E-state index is 14.0. The number of alkyl halides is 2. The number of anilines is 1. The second-order valence-corrected chi connectivity index (χ2v) is 10.8. The zero-order valence-electron chi connectivity index (χ0n) is 21.5. The van der Waals surface area contributed by atoms with E-state index in [4.69, 9.17) is 15.1 Å². The van der Waals surface area contributed by atoms with Crippen molar-refractivity contribution in [2.75, 3.05) is 18.0 Å². The highest BCUT2D eigenvalue weighted by Gasteiger charge is 2.39. The van der Waals surface area contributed by atoms with Crippen molar-refractivity contribution in [3.05, 3.63) is 42.1 Å². The van der Waals surface area contributed by atoms with E-state index >= 15 is 0 Å². The molecule has 3 aliphatic rings. The van der Waals surface area contributed by atoms with Crippen LogP contribution in [-0.4, -0.2) is 60.5 Å². The van der Waals surface area contributed by atoms with Gasteiger partial charge in [-0.3, -0.25) is 4.68 Å².